The third-order valence-electron chi connectivity index (χ3n) is 4.39. The normalized spacial score (nSPS) is 29.6. The molecule has 1 aliphatic carbocycles. The van der Waals surface area contributed by atoms with Crippen molar-refractivity contribution in [2.75, 3.05) is 13.2 Å². The summed E-state index contributed by atoms with van der Waals surface area (Å²) in [5.74, 6) is 1.04. The fraction of sp³-hybridized carbons (Fsp3) is 1.00. The zero-order valence-electron chi connectivity index (χ0n) is 11.6. The van der Waals surface area contributed by atoms with Gasteiger partial charge in [-0.05, 0) is 52.0 Å². The molecule has 1 heterocycles. The van der Waals surface area contributed by atoms with Gasteiger partial charge in [0.25, 0.3) is 0 Å². The molecule has 1 N–H and O–H groups in total. The molecule has 0 aromatic carbocycles. The van der Waals surface area contributed by atoms with Crippen LogP contribution in [0.4, 0.5) is 0 Å². The van der Waals surface area contributed by atoms with Gasteiger partial charge in [0.15, 0.2) is 0 Å². The first kappa shape index (κ1) is 13.4. The number of nitrogens with one attached hydrogen (secondary N) is 1. The van der Waals surface area contributed by atoms with Gasteiger partial charge in [-0.1, -0.05) is 25.7 Å². The van der Waals surface area contributed by atoms with Gasteiger partial charge in [0.2, 0.25) is 0 Å². The molecule has 1 atom stereocenters. The molecular weight excluding hydrogens is 210 g/mol. The third-order valence-corrected chi connectivity index (χ3v) is 4.39. The molecule has 2 fully saturated rings. The van der Waals surface area contributed by atoms with Gasteiger partial charge in [0.05, 0.1) is 5.60 Å². The van der Waals surface area contributed by atoms with Crippen LogP contribution >= 0.6 is 0 Å². The number of ether oxygens (including phenoxy) is 1. The van der Waals surface area contributed by atoms with Crippen LogP contribution in [-0.4, -0.2) is 24.8 Å². The smallest absolute Gasteiger partial charge is 0.0641 e. The quantitative estimate of drug-likeness (QED) is 0.741. The second-order valence-corrected chi connectivity index (χ2v) is 6.54. The molecule has 0 amide bonds. The molecule has 17 heavy (non-hydrogen) atoms. The Labute approximate surface area is 107 Å². The molecular formula is C15H29NO. The summed E-state index contributed by atoms with van der Waals surface area (Å²) in [6, 6.07) is 0.683. The fourth-order valence-electron chi connectivity index (χ4n) is 3.40. The largest absolute Gasteiger partial charge is 0.375 e. The van der Waals surface area contributed by atoms with Crippen LogP contribution in [0.15, 0.2) is 0 Å². The summed E-state index contributed by atoms with van der Waals surface area (Å²) in [6.45, 7) is 6.54. The molecule has 0 aromatic heterocycles. The fourth-order valence-corrected chi connectivity index (χ4v) is 3.40. The Morgan fingerprint density at radius 3 is 2.65 bits per heavy atom. The van der Waals surface area contributed by atoms with E-state index in [1.165, 1.54) is 51.5 Å². The maximum Gasteiger partial charge on any atom is 0.0641 e. The van der Waals surface area contributed by atoms with E-state index in [-0.39, 0.29) is 5.60 Å². The van der Waals surface area contributed by atoms with Crippen molar-refractivity contribution in [3.8, 4) is 0 Å². The van der Waals surface area contributed by atoms with Crippen LogP contribution in [0, 0.1) is 5.92 Å². The lowest BCUT2D eigenvalue weighted by Gasteiger charge is -2.36. The summed E-state index contributed by atoms with van der Waals surface area (Å²) in [4.78, 5) is 0. The van der Waals surface area contributed by atoms with E-state index in [9.17, 15) is 0 Å². The lowest BCUT2D eigenvalue weighted by Crippen LogP contribution is -2.43. The molecule has 100 valence electrons. The van der Waals surface area contributed by atoms with Gasteiger partial charge in [0.1, 0.15) is 0 Å². The Kier molecular flexibility index (Phi) is 4.87. The van der Waals surface area contributed by atoms with E-state index in [1.54, 1.807) is 0 Å². The van der Waals surface area contributed by atoms with Crippen LogP contribution in [0.1, 0.15) is 65.2 Å². The molecule has 2 nitrogen and oxygen atoms in total. The Morgan fingerprint density at radius 2 is 1.94 bits per heavy atom. The predicted molar refractivity (Wildman–Crippen MR) is 72.2 cm³/mol. The summed E-state index contributed by atoms with van der Waals surface area (Å²) in [5.41, 5.74) is 0.0847. The first-order chi connectivity index (χ1) is 8.16. The molecule has 1 unspecified atom stereocenters. The molecule has 1 saturated carbocycles. The van der Waals surface area contributed by atoms with E-state index in [0.29, 0.717) is 6.04 Å². The van der Waals surface area contributed by atoms with Crippen molar-refractivity contribution in [2.24, 2.45) is 5.92 Å². The number of hydrogen-bond acceptors (Lipinski definition) is 2. The van der Waals surface area contributed by atoms with Crippen molar-refractivity contribution < 1.29 is 4.74 Å². The van der Waals surface area contributed by atoms with Gasteiger partial charge >= 0.3 is 0 Å². The molecule has 0 radical (unpaired) electrons. The Hall–Kier alpha value is -0.0800. The van der Waals surface area contributed by atoms with Crippen LogP contribution < -0.4 is 5.32 Å². The summed E-state index contributed by atoms with van der Waals surface area (Å²) < 4.78 is 5.74. The third kappa shape index (κ3) is 4.59. The lowest BCUT2D eigenvalue weighted by molar-refractivity contribution is -0.0628. The van der Waals surface area contributed by atoms with Crippen molar-refractivity contribution in [1.29, 1.82) is 0 Å². The SMILES string of the molecule is CC1(C)CC(NCCCC2CCCC2)CCO1. The van der Waals surface area contributed by atoms with Crippen molar-refractivity contribution in [2.45, 2.75) is 76.9 Å². The van der Waals surface area contributed by atoms with Gasteiger partial charge in [-0.3, -0.25) is 0 Å². The first-order valence-corrected chi connectivity index (χ1v) is 7.53. The molecule has 1 saturated heterocycles. The summed E-state index contributed by atoms with van der Waals surface area (Å²) >= 11 is 0. The van der Waals surface area contributed by atoms with Crippen LogP contribution in [0.2, 0.25) is 0 Å². The monoisotopic (exact) mass is 239 g/mol. The highest BCUT2D eigenvalue weighted by atomic mass is 16.5. The van der Waals surface area contributed by atoms with E-state index in [1.807, 2.05) is 0 Å². The summed E-state index contributed by atoms with van der Waals surface area (Å²) in [6.07, 6.45) is 11.1. The minimum absolute atomic E-state index is 0.0847. The van der Waals surface area contributed by atoms with Crippen molar-refractivity contribution in [1.82, 2.24) is 5.32 Å². The second kappa shape index (κ2) is 6.19. The lowest BCUT2D eigenvalue weighted by atomic mass is 9.93. The highest BCUT2D eigenvalue weighted by Crippen LogP contribution is 2.28. The minimum Gasteiger partial charge on any atom is -0.375 e. The van der Waals surface area contributed by atoms with E-state index >= 15 is 0 Å². The average Bonchev–Trinajstić information content (AvgIpc) is 2.76. The van der Waals surface area contributed by atoms with Gasteiger partial charge < -0.3 is 10.1 Å². The standard InChI is InChI=1S/C15H29NO/c1-15(2)12-14(9-11-17-15)16-10-5-8-13-6-3-4-7-13/h13-14,16H,3-12H2,1-2H3. The van der Waals surface area contributed by atoms with Crippen LogP contribution in [0.3, 0.4) is 0 Å². The highest BCUT2D eigenvalue weighted by Gasteiger charge is 2.28. The zero-order chi connectivity index (χ0) is 12.1. The second-order valence-electron chi connectivity index (χ2n) is 6.54. The van der Waals surface area contributed by atoms with Crippen molar-refractivity contribution in [3.05, 3.63) is 0 Å². The summed E-state index contributed by atoms with van der Waals surface area (Å²) in [5, 5.41) is 3.72. The van der Waals surface area contributed by atoms with Crippen molar-refractivity contribution in [3.63, 3.8) is 0 Å². The topological polar surface area (TPSA) is 21.3 Å². The van der Waals surface area contributed by atoms with E-state index in [2.05, 4.69) is 19.2 Å². The van der Waals surface area contributed by atoms with Crippen LogP contribution in [-0.2, 0) is 4.74 Å². The van der Waals surface area contributed by atoms with Gasteiger partial charge in [-0.15, -0.1) is 0 Å². The molecule has 2 rings (SSSR count). The average molecular weight is 239 g/mol. The number of rotatable bonds is 5. The van der Waals surface area contributed by atoms with Gasteiger partial charge in [-0.2, -0.15) is 0 Å². The Morgan fingerprint density at radius 1 is 1.18 bits per heavy atom. The van der Waals surface area contributed by atoms with Gasteiger partial charge in [-0.25, -0.2) is 0 Å². The predicted octanol–water partition coefficient (Wildman–Crippen LogP) is 3.50. The molecule has 0 spiro atoms. The summed E-state index contributed by atoms with van der Waals surface area (Å²) in [7, 11) is 0. The van der Waals surface area contributed by atoms with Gasteiger partial charge in [0, 0.05) is 12.6 Å². The van der Waals surface area contributed by atoms with Crippen molar-refractivity contribution >= 4 is 0 Å². The maximum atomic E-state index is 5.74. The molecule has 0 aromatic rings. The number of hydrogen-bond donors (Lipinski definition) is 1. The molecule has 1 aliphatic heterocycles. The van der Waals surface area contributed by atoms with E-state index < -0.39 is 0 Å². The maximum absolute atomic E-state index is 5.74. The molecule has 2 heteroatoms. The van der Waals surface area contributed by atoms with E-state index in [4.69, 9.17) is 4.74 Å². The molecule has 2 aliphatic rings. The first-order valence-electron chi connectivity index (χ1n) is 7.53. The van der Waals surface area contributed by atoms with E-state index in [0.717, 1.165) is 18.9 Å². The Balaban J connectivity index is 1.55. The highest BCUT2D eigenvalue weighted by molar-refractivity contribution is 4.82. The van der Waals surface area contributed by atoms with Crippen LogP contribution in [0.25, 0.3) is 0 Å². The zero-order valence-corrected chi connectivity index (χ0v) is 11.6. The van der Waals surface area contributed by atoms with Crippen LogP contribution in [0.5, 0.6) is 0 Å². The molecule has 0 bridgehead atoms. The Bertz CT molecular complexity index is 221. The minimum atomic E-state index is 0.0847.